The number of rotatable bonds is 4. The maximum atomic E-state index is 11.8. The summed E-state index contributed by atoms with van der Waals surface area (Å²) in [6.45, 7) is 0.443. The average molecular weight is 249 g/mol. The Kier molecular flexibility index (Phi) is 3.26. The highest BCUT2D eigenvalue weighted by atomic mass is 16.1. The Morgan fingerprint density at radius 1 is 1.39 bits per heavy atom. The van der Waals surface area contributed by atoms with E-state index in [1.807, 2.05) is 0 Å². The Balaban J connectivity index is 1.87. The van der Waals surface area contributed by atoms with Crippen molar-refractivity contribution in [3.63, 3.8) is 0 Å². The van der Waals surface area contributed by atoms with Crippen LogP contribution in [0, 0.1) is 0 Å². The van der Waals surface area contributed by atoms with Crippen LogP contribution in [0.15, 0.2) is 12.5 Å². The fourth-order valence-electron chi connectivity index (χ4n) is 1.55. The van der Waals surface area contributed by atoms with Crippen LogP contribution < -0.4 is 11.1 Å². The van der Waals surface area contributed by atoms with Gasteiger partial charge in [-0.15, -0.1) is 0 Å². The lowest BCUT2D eigenvalue weighted by atomic mass is 10.3. The van der Waals surface area contributed by atoms with E-state index in [-0.39, 0.29) is 11.6 Å². The second-order valence-electron chi connectivity index (χ2n) is 3.95. The lowest BCUT2D eigenvalue weighted by Gasteiger charge is -2.01. The van der Waals surface area contributed by atoms with E-state index < -0.39 is 0 Å². The first kappa shape index (κ1) is 12.1. The molecule has 3 N–H and O–H groups in total. The number of nitrogens with one attached hydrogen (secondary N) is 1. The molecular weight excluding hydrogens is 234 g/mol. The van der Waals surface area contributed by atoms with Crippen molar-refractivity contribution in [2.24, 2.45) is 14.1 Å². The van der Waals surface area contributed by atoms with Crippen LogP contribution in [0.3, 0.4) is 0 Å². The van der Waals surface area contributed by atoms with Gasteiger partial charge in [0.25, 0.3) is 5.91 Å². The molecule has 0 radical (unpaired) electrons. The zero-order valence-electron chi connectivity index (χ0n) is 10.3. The maximum absolute atomic E-state index is 11.8. The van der Waals surface area contributed by atoms with E-state index in [4.69, 9.17) is 5.73 Å². The van der Waals surface area contributed by atoms with Gasteiger partial charge in [-0.05, 0) is 0 Å². The smallest absolute Gasteiger partial charge is 0.273 e. The number of carbonyl (C=O) groups excluding carboxylic acids is 1. The highest BCUT2D eigenvalue weighted by molar-refractivity contribution is 5.96. The largest absolute Gasteiger partial charge is 0.396 e. The monoisotopic (exact) mass is 249 g/mol. The Bertz CT molecular complexity index is 556. The van der Waals surface area contributed by atoms with Crippen LogP contribution in [-0.4, -0.2) is 37.0 Å². The fourth-order valence-corrected chi connectivity index (χ4v) is 1.55. The number of carbonyl (C=O) groups is 1. The van der Waals surface area contributed by atoms with E-state index in [9.17, 15) is 4.79 Å². The molecule has 0 saturated heterocycles. The number of nitrogen functional groups attached to an aromatic ring is 1. The minimum Gasteiger partial charge on any atom is -0.396 e. The molecule has 0 fully saturated rings. The summed E-state index contributed by atoms with van der Waals surface area (Å²) >= 11 is 0. The zero-order valence-corrected chi connectivity index (χ0v) is 10.3. The van der Waals surface area contributed by atoms with Crippen LogP contribution in [-0.2, 0) is 20.5 Å². The Hall–Kier alpha value is -2.38. The van der Waals surface area contributed by atoms with E-state index in [1.165, 1.54) is 4.68 Å². The van der Waals surface area contributed by atoms with Crippen molar-refractivity contribution in [2.75, 3.05) is 12.3 Å². The minimum absolute atomic E-state index is 0.242. The number of aryl methyl sites for hydroxylation is 2. The molecule has 8 nitrogen and oxygen atoms in total. The predicted molar refractivity (Wildman–Crippen MR) is 64.7 cm³/mol. The minimum atomic E-state index is -0.288. The summed E-state index contributed by atoms with van der Waals surface area (Å²) in [5, 5.41) is 10.8. The Morgan fingerprint density at radius 3 is 2.72 bits per heavy atom. The van der Waals surface area contributed by atoms with Crippen molar-refractivity contribution in [1.82, 2.24) is 29.9 Å². The number of amides is 1. The fraction of sp³-hybridized carbons (Fsp3) is 0.400. The summed E-state index contributed by atoms with van der Waals surface area (Å²) in [6.07, 6.45) is 3.78. The summed E-state index contributed by atoms with van der Waals surface area (Å²) in [4.78, 5) is 15.8. The lowest BCUT2D eigenvalue weighted by molar-refractivity contribution is 0.0949. The lowest BCUT2D eigenvalue weighted by Crippen LogP contribution is -2.27. The number of nitrogens with zero attached hydrogens (tertiary/aromatic N) is 5. The first-order valence-corrected chi connectivity index (χ1v) is 5.48. The van der Waals surface area contributed by atoms with Gasteiger partial charge in [-0.3, -0.25) is 14.2 Å². The van der Waals surface area contributed by atoms with Gasteiger partial charge in [0.2, 0.25) is 0 Å². The topological polar surface area (TPSA) is 104 Å². The third-order valence-electron chi connectivity index (χ3n) is 2.35. The first-order valence-electron chi connectivity index (χ1n) is 5.48. The first-order chi connectivity index (χ1) is 8.56. The molecule has 1 amide bonds. The molecule has 2 rings (SSSR count). The number of aromatic nitrogens is 5. The summed E-state index contributed by atoms with van der Waals surface area (Å²) in [6, 6.07) is 0. The second-order valence-corrected chi connectivity index (χ2v) is 3.95. The molecule has 2 heterocycles. The molecule has 0 aliphatic carbocycles. The SMILES string of the molecule is Cn1cnc(CCNC(=O)c2nn(C)cc2N)n1. The van der Waals surface area contributed by atoms with Crippen molar-refractivity contribution >= 4 is 11.6 Å². The normalized spacial score (nSPS) is 10.6. The molecule has 0 spiro atoms. The van der Waals surface area contributed by atoms with Gasteiger partial charge in [0, 0.05) is 33.3 Å². The van der Waals surface area contributed by atoms with Gasteiger partial charge in [0.05, 0.1) is 5.69 Å². The highest BCUT2D eigenvalue weighted by Crippen LogP contribution is 2.07. The second kappa shape index (κ2) is 4.86. The molecule has 18 heavy (non-hydrogen) atoms. The van der Waals surface area contributed by atoms with Crippen molar-refractivity contribution in [3.05, 3.63) is 24.0 Å². The van der Waals surface area contributed by atoms with Crippen LogP contribution >= 0.6 is 0 Å². The van der Waals surface area contributed by atoms with Crippen molar-refractivity contribution in [2.45, 2.75) is 6.42 Å². The summed E-state index contributed by atoms with van der Waals surface area (Å²) in [7, 11) is 3.51. The third-order valence-corrected chi connectivity index (χ3v) is 2.35. The third kappa shape index (κ3) is 2.65. The molecular formula is C10H15N7O. The molecule has 0 bridgehead atoms. The van der Waals surface area contributed by atoms with Gasteiger partial charge in [-0.25, -0.2) is 4.98 Å². The molecule has 0 aromatic carbocycles. The van der Waals surface area contributed by atoms with Crippen LogP contribution in [0.1, 0.15) is 16.3 Å². The quantitative estimate of drug-likeness (QED) is 0.731. The van der Waals surface area contributed by atoms with E-state index >= 15 is 0 Å². The molecule has 0 atom stereocenters. The molecule has 2 aromatic heterocycles. The molecule has 0 aliphatic heterocycles. The molecule has 2 aromatic rings. The van der Waals surface area contributed by atoms with Gasteiger partial charge in [-0.2, -0.15) is 10.2 Å². The van der Waals surface area contributed by atoms with E-state index in [2.05, 4.69) is 20.5 Å². The zero-order chi connectivity index (χ0) is 13.1. The standard InChI is InChI=1S/C10H15N7O/c1-16-5-7(11)9(15-16)10(18)12-4-3-8-13-6-17(2)14-8/h5-6H,3-4,11H2,1-2H3,(H,12,18). The molecule has 96 valence electrons. The highest BCUT2D eigenvalue weighted by Gasteiger charge is 2.13. The van der Waals surface area contributed by atoms with Crippen LogP contribution in [0.2, 0.25) is 0 Å². The number of hydrogen-bond acceptors (Lipinski definition) is 5. The van der Waals surface area contributed by atoms with E-state index in [0.717, 1.165) is 0 Å². The molecule has 8 heteroatoms. The van der Waals surface area contributed by atoms with Gasteiger partial charge < -0.3 is 11.1 Å². The van der Waals surface area contributed by atoms with Gasteiger partial charge in [-0.1, -0.05) is 0 Å². The average Bonchev–Trinajstić information content (AvgIpc) is 2.85. The number of anilines is 1. The van der Waals surface area contributed by atoms with Crippen LogP contribution in [0.25, 0.3) is 0 Å². The van der Waals surface area contributed by atoms with Crippen LogP contribution in [0.4, 0.5) is 5.69 Å². The molecule has 0 aliphatic rings. The molecule has 0 unspecified atom stereocenters. The van der Waals surface area contributed by atoms with Crippen molar-refractivity contribution in [1.29, 1.82) is 0 Å². The van der Waals surface area contributed by atoms with Crippen molar-refractivity contribution < 1.29 is 4.79 Å². The van der Waals surface area contributed by atoms with Gasteiger partial charge in [0.15, 0.2) is 11.5 Å². The van der Waals surface area contributed by atoms with E-state index in [0.29, 0.717) is 24.5 Å². The predicted octanol–water partition coefficient (Wildman–Crippen LogP) is -0.897. The van der Waals surface area contributed by atoms with Crippen molar-refractivity contribution in [3.8, 4) is 0 Å². The number of nitrogens with two attached hydrogens (primary N) is 1. The Labute approximate surface area is 104 Å². The van der Waals surface area contributed by atoms with Crippen LogP contribution in [0.5, 0.6) is 0 Å². The maximum Gasteiger partial charge on any atom is 0.273 e. The summed E-state index contributed by atoms with van der Waals surface area (Å²) in [5.74, 6) is 0.399. The molecule has 0 saturated carbocycles. The number of hydrogen-bond donors (Lipinski definition) is 2. The van der Waals surface area contributed by atoms with Gasteiger partial charge >= 0.3 is 0 Å². The van der Waals surface area contributed by atoms with Gasteiger partial charge in [0.1, 0.15) is 6.33 Å². The summed E-state index contributed by atoms with van der Waals surface area (Å²) < 4.78 is 3.12. The Morgan fingerprint density at radius 2 is 2.17 bits per heavy atom. The summed E-state index contributed by atoms with van der Waals surface area (Å²) in [5.41, 5.74) is 6.27. The van der Waals surface area contributed by atoms with E-state index in [1.54, 1.807) is 31.3 Å².